The molecule has 0 aliphatic carbocycles. The summed E-state index contributed by atoms with van der Waals surface area (Å²) in [5.41, 5.74) is 2.77. The smallest absolute Gasteiger partial charge is 0.0514 e. The van der Waals surface area contributed by atoms with Gasteiger partial charge in [0.05, 0.1) is 6.04 Å². The van der Waals surface area contributed by atoms with Crippen molar-refractivity contribution in [2.45, 2.75) is 11.3 Å². The van der Waals surface area contributed by atoms with Crippen LogP contribution in [-0.4, -0.2) is 28.6 Å². The van der Waals surface area contributed by atoms with Crippen LogP contribution in [-0.2, 0) is 0 Å². The predicted octanol–water partition coefficient (Wildman–Crippen LogP) is 0.853. The van der Waals surface area contributed by atoms with E-state index in [0.29, 0.717) is 5.25 Å². The molecule has 1 fully saturated rings. The van der Waals surface area contributed by atoms with Crippen LogP contribution in [0.1, 0.15) is 0 Å². The summed E-state index contributed by atoms with van der Waals surface area (Å²) in [5, 5.41) is 0.608. The SMILES string of the molecule is C=CC(NN)C1CSCCS1. The Hall–Kier alpha value is 0.360. The molecule has 0 aromatic rings. The van der Waals surface area contributed by atoms with Gasteiger partial charge in [0, 0.05) is 22.5 Å². The molecule has 3 N–H and O–H groups in total. The normalized spacial score (nSPS) is 27.9. The van der Waals surface area contributed by atoms with Crippen molar-refractivity contribution < 1.29 is 0 Å². The van der Waals surface area contributed by atoms with Gasteiger partial charge in [0.2, 0.25) is 0 Å². The summed E-state index contributed by atoms with van der Waals surface area (Å²) >= 11 is 3.98. The van der Waals surface area contributed by atoms with E-state index in [4.69, 9.17) is 5.84 Å². The Bertz CT molecular complexity index is 124. The van der Waals surface area contributed by atoms with Crippen LogP contribution < -0.4 is 11.3 Å². The average Bonchev–Trinajstić information content (AvgIpc) is 2.09. The van der Waals surface area contributed by atoms with Crippen LogP contribution in [0.3, 0.4) is 0 Å². The molecule has 0 aromatic carbocycles. The first-order chi connectivity index (χ1) is 5.38. The van der Waals surface area contributed by atoms with Gasteiger partial charge in [-0.3, -0.25) is 11.3 Å². The number of rotatable bonds is 3. The van der Waals surface area contributed by atoms with Crippen LogP contribution in [0.5, 0.6) is 0 Å². The topological polar surface area (TPSA) is 38.0 Å². The van der Waals surface area contributed by atoms with E-state index in [1.807, 2.05) is 29.6 Å². The van der Waals surface area contributed by atoms with Gasteiger partial charge in [-0.05, 0) is 0 Å². The standard InChI is InChI=1S/C7H14N2S2/c1-2-6(9-8)7-5-10-3-4-11-7/h2,6-7,9H,1,3-5,8H2. The Morgan fingerprint density at radius 3 is 2.91 bits per heavy atom. The third-order valence-corrected chi connectivity index (χ3v) is 4.57. The zero-order valence-corrected chi connectivity index (χ0v) is 8.09. The maximum absolute atomic E-state index is 5.37. The molecule has 0 aromatic heterocycles. The molecule has 0 spiro atoms. The Morgan fingerprint density at radius 2 is 2.45 bits per heavy atom. The van der Waals surface area contributed by atoms with Crippen molar-refractivity contribution in [3.63, 3.8) is 0 Å². The second-order valence-corrected chi connectivity index (χ2v) is 4.91. The molecule has 1 saturated heterocycles. The summed E-state index contributed by atoms with van der Waals surface area (Å²) in [5.74, 6) is 9.07. The number of hydrogen-bond donors (Lipinski definition) is 2. The summed E-state index contributed by atoms with van der Waals surface area (Å²) < 4.78 is 0. The van der Waals surface area contributed by atoms with Crippen LogP contribution in [0.2, 0.25) is 0 Å². The highest BCUT2D eigenvalue weighted by Gasteiger charge is 2.20. The zero-order valence-electron chi connectivity index (χ0n) is 6.45. The minimum absolute atomic E-state index is 0.271. The minimum atomic E-state index is 0.271. The van der Waals surface area contributed by atoms with Gasteiger partial charge in [0.1, 0.15) is 0 Å². The van der Waals surface area contributed by atoms with Crippen molar-refractivity contribution in [3.05, 3.63) is 12.7 Å². The number of nitrogens with two attached hydrogens (primary N) is 1. The molecule has 64 valence electrons. The molecule has 1 aliphatic heterocycles. The maximum Gasteiger partial charge on any atom is 0.0514 e. The van der Waals surface area contributed by atoms with Crippen molar-refractivity contribution in [1.82, 2.24) is 5.43 Å². The van der Waals surface area contributed by atoms with E-state index in [-0.39, 0.29) is 6.04 Å². The lowest BCUT2D eigenvalue weighted by Crippen LogP contribution is -2.43. The van der Waals surface area contributed by atoms with Gasteiger partial charge in [0.25, 0.3) is 0 Å². The highest BCUT2D eigenvalue weighted by Crippen LogP contribution is 2.26. The summed E-state index contributed by atoms with van der Waals surface area (Å²) in [4.78, 5) is 0. The molecule has 0 amide bonds. The van der Waals surface area contributed by atoms with Gasteiger partial charge in [-0.2, -0.15) is 23.5 Å². The number of hydrazine groups is 1. The average molecular weight is 190 g/mol. The molecule has 11 heavy (non-hydrogen) atoms. The maximum atomic E-state index is 5.37. The molecular weight excluding hydrogens is 176 g/mol. The van der Waals surface area contributed by atoms with E-state index < -0.39 is 0 Å². The molecule has 2 atom stereocenters. The molecule has 1 aliphatic rings. The largest absolute Gasteiger partial charge is 0.271 e. The lowest BCUT2D eigenvalue weighted by molar-refractivity contribution is 0.618. The van der Waals surface area contributed by atoms with Gasteiger partial charge in [-0.15, -0.1) is 6.58 Å². The fourth-order valence-electron chi connectivity index (χ4n) is 1.04. The van der Waals surface area contributed by atoms with Crippen molar-refractivity contribution in [3.8, 4) is 0 Å². The first-order valence-electron chi connectivity index (χ1n) is 3.66. The van der Waals surface area contributed by atoms with Crippen LogP contribution in [0.25, 0.3) is 0 Å². The van der Waals surface area contributed by atoms with Gasteiger partial charge in [0.15, 0.2) is 0 Å². The van der Waals surface area contributed by atoms with Gasteiger partial charge < -0.3 is 0 Å². The van der Waals surface area contributed by atoms with E-state index >= 15 is 0 Å². The van der Waals surface area contributed by atoms with E-state index in [0.717, 1.165) is 0 Å². The predicted molar refractivity (Wildman–Crippen MR) is 54.9 cm³/mol. The molecular formula is C7H14N2S2. The zero-order chi connectivity index (χ0) is 8.10. The van der Waals surface area contributed by atoms with Crippen LogP contribution in [0, 0.1) is 0 Å². The second-order valence-electron chi connectivity index (χ2n) is 2.41. The molecule has 1 heterocycles. The van der Waals surface area contributed by atoms with E-state index in [2.05, 4.69) is 12.0 Å². The van der Waals surface area contributed by atoms with Crippen molar-refractivity contribution in [2.24, 2.45) is 5.84 Å². The monoisotopic (exact) mass is 190 g/mol. The highest BCUT2D eigenvalue weighted by molar-refractivity contribution is 8.06. The number of nitrogens with one attached hydrogen (secondary N) is 1. The Labute approximate surface area is 76.3 Å². The highest BCUT2D eigenvalue weighted by atomic mass is 32.2. The molecule has 1 rings (SSSR count). The second kappa shape index (κ2) is 5.09. The first-order valence-corrected chi connectivity index (χ1v) is 5.87. The van der Waals surface area contributed by atoms with Crippen molar-refractivity contribution in [2.75, 3.05) is 17.3 Å². The van der Waals surface area contributed by atoms with Crippen LogP contribution >= 0.6 is 23.5 Å². The van der Waals surface area contributed by atoms with Crippen molar-refractivity contribution >= 4 is 23.5 Å². The summed E-state index contributed by atoms with van der Waals surface area (Å²) in [6, 6.07) is 0.271. The Kier molecular flexibility index (Phi) is 4.37. The Balaban J connectivity index is 2.35. The first kappa shape index (κ1) is 9.45. The lowest BCUT2D eigenvalue weighted by atomic mass is 10.2. The number of thioether (sulfide) groups is 2. The van der Waals surface area contributed by atoms with E-state index in [9.17, 15) is 0 Å². The molecule has 2 unspecified atom stereocenters. The lowest BCUT2D eigenvalue weighted by Gasteiger charge is -2.26. The summed E-state index contributed by atoms with van der Waals surface area (Å²) in [6.07, 6.45) is 1.89. The van der Waals surface area contributed by atoms with Crippen LogP contribution in [0.4, 0.5) is 0 Å². The fourth-order valence-corrected chi connectivity index (χ4v) is 3.88. The molecule has 2 nitrogen and oxygen atoms in total. The summed E-state index contributed by atoms with van der Waals surface area (Å²) in [6.45, 7) is 3.74. The van der Waals surface area contributed by atoms with Crippen LogP contribution in [0.15, 0.2) is 12.7 Å². The van der Waals surface area contributed by atoms with Crippen molar-refractivity contribution in [1.29, 1.82) is 0 Å². The third-order valence-electron chi connectivity index (χ3n) is 1.69. The summed E-state index contributed by atoms with van der Waals surface area (Å²) in [7, 11) is 0. The van der Waals surface area contributed by atoms with Gasteiger partial charge in [-0.1, -0.05) is 6.08 Å². The Morgan fingerprint density at radius 1 is 1.64 bits per heavy atom. The molecule has 0 radical (unpaired) electrons. The van der Waals surface area contributed by atoms with E-state index in [1.54, 1.807) is 0 Å². The third kappa shape index (κ3) is 2.71. The molecule has 4 heteroatoms. The number of hydrogen-bond acceptors (Lipinski definition) is 4. The quantitative estimate of drug-likeness (QED) is 0.393. The van der Waals surface area contributed by atoms with Gasteiger partial charge in [-0.25, -0.2) is 0 Å². The minimum Gasteiger partial charge on any atom is -0.271 e. The molecule has 0 saturated carbocycles. The van der Waals surface area contributed by atoms with E-state index in [1.165, 1.54) is 17.3 Å². The molecule has 0 bridgehead atoms. The van der Waals surface area contributed by atoms with Gasteiger partial charge >= 0.3 is 0 Å². The fraction of sp³-hybridized carbons (Fsp3) is 0.714.